The molecule has 23 heavy (non-hydrogen) atoms. The Labute approximate surface area is 136 Å². The Morgan fingerprint density at radius 1 is 1.26 bits per heavy atom. The average Bonchev–Trinajstić information content (AvgIpc) is 2.47. The number of carboxylic acids is 1. The molecule has 1 rings (SSSR count). The van der Waals surface area contributed by atoms with Gasteiger partial charge in [0.05, 0.1) is 11.3 Å². The molecule has 7 nitrogen and oxygen atoms in total. The van der Waals surface area contributed by atoms with Crippen LogP contribution in [0.3, 0.4) is 0 Å². The molecule has 2 N–H and O–H groups in total. The predicted molar refractivity (Wildman–Crippen MR) is 85.9 cm³/mol. The fraction of sp³-hybridized carbons (Fsp3) is 0.467. The molecule has 0 spiro atoms. The van der Waals surface area contributed by atoms with E-state index >= 15 is 0 Å². The third kappa shape index (κ3) is 5.04. The number of sulfonamides is 1. The zero-order valence-corrected chi connectivity index (χ0v) is 14.3. The standard InChI is InChI=1S/C15H22N2O5S/c1-4-16-23(21,22)12-7-6-11(3)13(10-12)15(20)17(5-2)9-8-14(18)19/h6-7,10,16H,4-5,8-9H2,1-3H3,(H,18,19). The van der Waals surface area contributed by atoms with Gasteiger partial charge in [-0.05, 0) is 31.5 Å². The molecule has 0 saturated carbocycles. The summed E-state index contributed by atoms with van der Waals surface area (Å²) in [4.78, 5) is 24.6. The normalized spacial score (nSPS) is 11.3. The van der Waals surface area contributed by atoms with Crippen LogP contribution in [0.1, 0.15) is 36.2 Å². The van der Waals surface area contributed by atoms with Gasteiger partial charge in [-0.2, -0.15) is 0 Å². The third-order valence-electron chi connectivity index (χ3n) is 3.35. The minimum Gasteiger partial charge on any atom is -0.481 e. The summed E-state index contributed by atoms with van der Waals surface area (Å²) >= 11 is 0. The molecule has 1 amide bonds. The van der Waals surface area contributed by atoms with Crippen LogP contribution in [0.25, 0.3) is 0 Å². The number of nitrogens with one attached hydrogen (secondary N) is 1. The number of hydrogen-bond donors (Lipinski definition) is 2. The van der Waals surface area contributed by atoms with Crippen molar-refractivity contribution in [3.05, 3.63) is 29.3 Å². The molecule has 0 atom stereocenters. The summed E-state index contributed by atoms with van der Waals surface area (Å²) < 4.78 is 26.5. The summed E-state index contributed by atoms with van der Waals surface area (Å²) in [7, 11) is -3.66. The molecule has 0 radical (unpaired) electrons. The first-order chi connectivity index (χ1) is 10.7. The fourth-order valence-electron chi connectivity index (χ4n) is 2.08. The number of nitrogens with zero attached hydrogens (tertiary/aromatic N) is 1. The highest BCUT2D eigenvalue weighted by molar-refractivity contribution is 7.89. The molecule has 1 aromatic rings. The first-order valence-corrected chi connectivity index (χ1v) is 8.82. The van der Waals surface area contributed by atoms with Gasteiger partial charge in [0.15, 0.2) is 0 Å². The predicted octanol–water partition coefficient (Wildman–Crippen LogP) is 1.23. The summed E-state index contributed by atoms with van der Waals surface area (Å²) in [6.45, 7) is 5.79. The maximum absolute atomic E-state index is 12.6. The van der Waals surface area contributed by atoms with E-state index in [1.54, 1.807) is 26.8 Å². The summed E-state index contributed by atoms with van der Waals surface area (Å²) in [5, 5.41) is 8.75. The van der Waals surface area contributed by atoms with Crippen molar-refractivity contribution in [2.45, 2.75) is 32.1 Å². The van der Waals surface area contributed by atoms with E-state index in [1.807, 2.05) is 0 Å². The Balaban J connectivity index is 3.15. The van der Waals surface area contributed by atoms with Crippen molar-refractivity contribution >= 4 is 21.9 Å². The van der Waals surface area contributed by atoms with Gasteiger partial charge >= 0.3 is 5.97 Å². The second-order valence-electron chi connectivity index (χ2n) is 5.01. The average molecular weight is 342 g/mol. The molecule has 0 unspecified atom stereocenters. The lowest BCUT2D eigenvalue weighted by Gasteiger charge is -2.21. The Morgan fingerprint density at radius 3 is 2.43 bits per heavy atom. The quantitative estimate of drug-likeness (QED) is 0.739. The van der Waals surface area contributed by atoms with Crippen LogP contribution in [0.4, 0.5) is 0 Å². The lowest BCUT2D eigenvalue weighted by molar-refractivity contribution is -0.137. The Morgan fingerprint density at radius 2 is 1.91 bits per heavy atom. The fourth-order valence-corrected chi connectivity index (χ4v) is 3.14. The van der Waals surface area contributed by atoms with E-state index in [1.165, 1.54) is 17.0 Å². The number of carbonyl (C=O) groups is 2. The lowest BCUT2D eigenvalue weighted by Crippen LogP contribution is -2.33. The van der Waals surface area contributed by atoms with Gasteiger partial charge in [0, 0.05) is 25.2 Å². The summed E-state index contributed by atoms with van der Waals surface area (Å²) in [5.74, 6) is -1.36. The number of rotatable bonds is 8. The molecular weight excluding hydrogens is 320 g/mol. The number of aliphatic carboxylic acids is 1. The molecule has 0 heterocycles. The van der Waals surface area contributed by atoms with Crippen LogP contribution in [0, 0.1) is 6.92 Å². The molecule has 0 bridgehead atoms. The third-order valence-corrected chi connectivity index (χ3v) is 4.89. The van der Waals surface area contributed by atoms with Gasteiger partial charge in [-0.3, -0.25) is 9.59 Å². The van der Waals surface area contributed by atoms with E-state index in [2.05, 4.69) is 4.72 Å². The monoisotopic (exact) mass is 342 g/mol. The lowest BCUT2D eigenvalue weighted by atomic mass is 10.1. The minimum absolute atomic E-state index is 0.0163. The Bertz CT molecular complexity index is 685. The van der Waals surface area contributed by atoms with Crippen LogP contribution in [0.2, 0.25) is 0 Å². The molecule has 0 aromatic heterocycles. The number of hydrogen-bond acceptors (Lipinski definition) is 4. The molecule has 1 aromatic carbocycles. The van der Waals surface area contributed by atoms with Crippen LogP contribution >= 0.6 is 0 Å². The van der Waals surface area contributed by atoms with Crippen molar-refractivity contribution in [2.75, 3.05) is 19.6 Å². The van der Waals surface area contributed by atoms with Gasteiger partial charge in [0.1, 0.15) is 0 Å². The Hall–Kier alpha value is -1.93. The summed E-state index contributed by atoms with van der Waals surface area (Å²) in [6.07, 6.45) is -0.159. The highest BCUT2D eigenvalue weighted by Crippen LogP contribution is 2.17. The maximum Gasteiger partial charge on any atom is 0.305 e. The minimum atomic E-state index is -3.66. The molecule has 0 aliphatic carbocycles. The zero-order chi connectivity index (χ0) is 17.6. The largest absolute Gasteiger partial charge is 0.481 e. The van der Waals surface area contributed by atoms with Crippen LogP contribution in [0.5, 0.6) is 0 Å². The van der Waals surface area contributed by atoms with Gasteiger partial charge in [-0.1, -0.05) is 13.0 Å². The molecular formula is C15H22N2O5S. The van der Waals surface area contributed by atoms with Crippen molar-refractivity contribution in [2.24, 2.45) is 0 Å². The van der Waals surface area contributed by atoms with Crippen molar-refractivity contribution in [1.82, 2.24) is 9.62 Å². The van der Waals surface area contributed by atoms with E-state index in [0.29, 0.717) is 12.1 Å². The maximum atomic E-state index is 12.6. The highest BCUT2D eigenvalue weighted by atomic mass is 32.2. The summed E-state index contributed by atoms with van der Waals surface area (Å²) in [6, 6.07) is 4.35. The number of carboxylic acid groups (broad SMARTS) is 1. The van der Waals surface area contributed by atoms with E-state index in [4.69, 9.17) is 5.11 Å². The molecule has 128 valence electrons. The van der Waals surface area contributed by atoms with Crippen LogP contribution in [-0.2, 0) is 14.8 Å². The zero-order valence-electron chi connectivity index (χ0n) is 13.5. The van der Waals surface area contributed by atoms with E-state index in [9.17, 15) is 18.0 Å². The van der Waals surface area contributed by atoms with Crippen LogP contribution in [-0.4, -0.2) is 49.9 Å². The van der Waals surface area contributed by atoms with E-state index in [0.717, 1.165) is 0 Å². The highest BCUT2D eigenvalue weighted by Gasteiger charge is 2.21. The number of amides is 1. The van der Waals surface area contributed by atoms with Gasteiger partial charge in [-0.15, -0.1) is 0 Å². The van der Waals surface area contributed by atoms with Gasteiger partial charge in [-0.25, -0.2) is 13.1 Å². The SMILES string of the molecule is CCNS(=O)(=O)c1ccc(C)c(C(=O)N(CC)CCC(=O)O)c1. The molecule has 0 saturated heterocycles. The topological polar surface area (TPSA) is 104 Å². The van der Waals surface area contributed by atoms with Crippen LogP contribution in [0.15, 0.2) is 23.1 Å². The van der Waals surface area contributed by atoms with Gasteiger partial charge in [0.2, 0.25) is 10.0 Å². The second-order valence-corrected chi connectivity index (χ2v) is 6.77. The van der Waals surface area contributed by atoms with Crippen molar-refractivity contribution < 1.29 is 23.1 Å². The molecule has 0 fully saturated rings. The smallest absolute Gasteiger partial charge is 0.305 e. The van der Waals surface area contributed by atoms with E-state index < -0.39 is 16.0 Å². The van der Waals surface area contributed by atoms with Crippen LogP contribution < -0.4 is 4.72 Å². The molecule has 0 aliphatic heterocycles. The first kappa shape index (κ1) is 19.1. The van der Waals surface area contributed by atoms with Gasteiger partial charge in [0.25, 0.3) is 5.91 Å². The molecule has 0 aliphatic rings. The number of carbonyl (C=O) groups excluding carboxylic acids is 1. The van der Waals surface area contributed by atoms with Crippen molar-refractivity contribution in [1.29, 1.82) is 0 Å². The number of aryl methyl sites for hydroxylation is 1. The van der Waals surface area contributed by atoms with Crippen molar-refractivity contribution in [3.63, 3.8) is 0 Å². The Kier molecular flexibility index (Phi) is 6.71. The van der Waals surface area contributed by atoms with E-state index in [-0.39, 0.29) is 35.9 Å². The summed E-state index contributed by atoms with van der Waals surface area (Å²) in [5.41, 5.74) is 0.899. The van der Waals surface area contributed by atoms with Crippen molar-refractivity contribution in [3.8, 4) is 0 Å². The number of benzene rings is 1. The van der Waals surface area contributed by atoms with Gasteiger partial charge < -0.3 is 10.0 Å². The second kappa shape index (κ2) is 8.07. The molecule has 8 heteroatoms. The first-order valence-electron chi connectivity index (χ1n) is 7.34.